The molecule has 0 bridgehead atoms. The molecule has 0 aliphatic carbocycles. The number of ether oxygens (including phenoxy) is 4. The zero-order valence-electron chi connectivity index (χ0n) is 19.9. The normalized spacial score (nSPS) is 23.2. The van der Waals surface area contributed by atoms with Crippen LogP contribution in [-0.4, -0.2) is 54.7 Å². The summed E-state index contributed by atoms with van der Waals surface area (Å²) in [5, 5.41) is 0. The van der Waals surface area contributed by atoms with Gasteiger partial charge in [0.2, 0.25) is 0 Å². The molecule has 0 radical (unpaired) electrons. The molecule has 1 aromatic heterocycles. The van der Waals surface area contributed by atoms with Gasteiger partial charge in [-0.2, -0.15) is 0 Å². The third-order valence-electron chi connectivity index (χ3n) is 5.65. The van der Waals surface area contributed by atoms with Crippen molar-refractivity contribution in [3.63, 3.8) is 0 Å². The van der Waals surface area contributed by atoms with E-state index in [1.165, 1.54) is 12.8 Å². The van der Waals surface area contributed by atoms with Crippen LogP contribution >= 0.6 is 31.9 Å². The van der Waals surface area contributed by atoms with Crippen molar-refractivity contribution in [3.05, 3.63) is 21.1 Å². The molecule has 184 valence electrons. The second kappa shape index (κ2) is 16.5. The van der Waals surface area contributed by atoms with E-state index in [1.54, 1.807) is 6.20 Å². The predicted molar refractivity (Wildman–Crippen MR) is 134 cm³/mol. The van der Waals surface area contributed by atoms with E-state index < -0.39 is 0 Å². The number of aromatic nitrogens is 2. The second-order valence-electron chi connectivity index (χ2n) is 8.35. The first-order valence-corrected chi connectivity index (χ1v) is 13.8. The van der Waals surface area contributed by atoms with Crippen molar-refractivity contribution in [1.82, 2.24) is 9.97 Å². The summed E-state index contributed by atoms with van der Waals surface area (Å²) in [5.74, 6) is 0. The molecular formula is C24H40Br2N2O4. The number of nitrogens with zero attached hydrogens (tertiary/aromatic N) is 2. The molecule has 1 aliphatic heterocycles. The van der Waals surface area contributed by atoms with E-state index in [0.717, 1.165) is 57.1 Å². The molecule has 6 nitrogen and oxygen atoms in total. The molecule has 2 heterocycles. The summed E-state index contributed by atoms with van der Waals surface area (Å²) in [5.41, 5.74) is 0.879. The molecule has 0 N–H and O–H groups in total. The average Bonchev–Trinajstić information content (AvgIpc) is 3.11. The second-order valence-corrected chi connectivity index (χ2v) is 9.81. The number of rotatable bonds is 17. The molecule has 0 amide bonds. The van der Waals surface area contributed by atoms with Crippen LogP contribution in [0.15, 0.2) is 15.5 Å². The molecule has 0 spiro atoms. The average molecular weight is 580 g/mol. The van der Waals surface area contributed by atoms with Crippen molar-refractivity contribution in [2.45, 2.75) is 103 Å². The van der Waals surface area contributed by atoms with Gasteiger partial charge in [0.1, 0.15) is 29.0 Å². The predicted octanol–water partition coefficient (Wildman–Crippen LogP) is 6.80. The zero-order chi connectivity index (χ0) is 23.2. The third-order valence-corrected chi connectivity index (χ3v) is 6.66. The molecule has 0 unspecified atom stereocenters. The van der Waals surface area contributed by atoms with Crippen molar-refractivity contribution in [2.75, 3.05) is 26.4 Å². The number of hydrogen-bond donors (Lipinski definition) is 0. The van der Waals surface area contributed by atoms with Crippen LogP contribution in [0.2, 0.25) is 0 Å². The molecule has 0 aromatic carbocycles. The fourth-order valence-electron chi connectivity index (χ4n) is 3.83. The fraction of sp³-hybridized carbons (Fsp3) is 0.833. The van der Waals surface area contributed by atoms with E-state index in [1.807, 2.05) is 0 Å². The van der Waals surface area contributed by atoms with Crippen molar-refractivity contribution in [3.8, 4) is 0 Å². The Kier molecular flexibility index (Phi) is 14.5. The van der Waals surface area contributed by atoms with Gasteiger partial charge in [-0.25, -0.2) is 9.97 Å². The van der Waals surface area contributed by atoms with Gasteiger partial charge in [-0.1, -0.05) is 59.3 Å². The van der Waals surface area contributed by atoms with Crippen LogP contribution in [0.1, 0.15) is 90.2 Å². The first kappa shape index (κ1) is 28.1. The molecule has 2 rings (SSSR count). The van der Waals surface area contributed by atoms with Gasteiger partial charge in [0.15, 0.2) is 4.73 Å². The molecule has 1 fully saturated rings. The molecule has 8 heteroatoms. The summed E-state index contributed by atoms with van der Waals surface area (Å²) in [6, 6.07) is 0. The highest BCUT2D eigenvalue weighted by atomic mass is 79.9. The summed E-state index contributed by atoms with van der Waals surface area (Å²) in [6.45, 7) is 9.23. The van der Waals surface area contributed by atoms with Gasteiger partial charge in [-0.15, -0.1) is 0 Å². The Morgan fingerprint density at radius 1 is 0.844 bits per heavy atom. The van der Waals surface area contributed by atoms with E-state index in [9.17, 15) is 0 Å². The Labute approximate surface area is 210 Å². The van der Waals surface area contributed by atoms with Gasteiger partial charge < -0.3 is 18.9 Å². The maximum absolute atomic E-state index is 6.51. The number of halogens is 2. The smallest absolute Gasteiger partial charge is 0.197 e. The Morgan fingerprint density at radius 3 is 2.03 bits per heavy atom. The first-order valence-electron chi connectivity index (χ1n) is 12.3. The van der Waals surface area contributed by atoms with Gasteiger partial charge in [-0.3, -0.25) is 0 Å². The molecule has 32 heavy (non-hydrogen) atoms. The summed E-state index contributed by atoms with van der Waals surface area (Å²) in [7, 11) is 0. The molecule has 1 aromatic rings. The van der Waals surface area contributed by atoms with E-state index in [0.29, 0.717) is 29.2 Å². The lowest BCUT2D eigenvalue weighted by molar-refractivity contribution is -0.0798. The molecule has 4 atom stereocenters. The van der Waals surface area contributed by atoms with Crippen LogP contribution in [0.4, 0.5) is 0 Å². The molecule has 0 saturated carbocycles. The molecular weight excluding hydrogens is 540 g/mol. The van der Waals surface area contributed by atoms with E-state index in [-0.39, 0.29) is 24.4 Å². The van der Waals surface area contributed by atoms with Gasteiger partial charge in [0.25, 0.3) is 0 Å². The van der Waals surface area contributed by atoms with Crippen LogP contribution in [0.25, 0.3) is 0 Å². The summed E-state index contributed by atoms with van der Waals surface area (Å²) < 4.78 is 26.5. The standard InChI is InChI=1S/C24H40Br2N2O4/c1-4-7-10-13-29-17-19-21(30-14-11-8-5-2)22(31-15-12-9-6-3)20(32-19)18-16-27-24(26)28-23(18)25/h16,19-22H,4-15,17H2,1-3H3/t19-,20+,21-,22+/m1/s1. The topological polar surface area (TPSA) is 62.7 Å². The lowest BCUT2D eigenvalue weighted by Crippen LogP contribution is -2.38. The van der Waals surface area contributed by atoms with E-state index in [4.69, 9.17) is 18.9 Å². The van der Waals surface area contributed by atoms with Crippen molar-refractivity contribution in [2.24, 2.45) is 0 Å². The fourth-order valence-corrected chi connectivity index (χ4v) is 4.85. The lowest BCUT2D eigenvalue weighted by Gasteiger charge is -2.25. The Balaban J connectivity index is 2.16. The highest BCUT2D eigenvalue weighted by Crippen LogP contribution is 2.40. The highest BCUT2D eigenvalue weighted by molar-refractivity contribution is 9.11. The van der Waals surface area contributed by atoms with Crippen LogP contribution < -0.4 is 0 Å². The summed E-state index contributed by atoms with van der Waals surface area (Å²) >= 11 is 6.92. The minimum Gasteiger partial charge on any atom is -0.379 e. The minimum absolute atomic E-state index is 0.180. The van der Waals surface area contributed by atoms with Crippen molar-refractivity contribution in [1.29, 1.82) is 0 Å². The van der Waals surface area contributed by atoms with Crippen molar-refractivity contribution < 1.29 is 18.9 Å². The summed E-state index contributed by atoms with van der Waals surface area (Å²) in [4.78, 5) is 8.74. The number of unbranched alkanes of at least 4 members (excludes halogenated alkanes) is 6. The Morgan fingerprint density at radius 2 is 1.44 bits per heavy atom. The van der Waals surface area contributed by atoms with Gasteiger partial charge in [0.05, 0.1) is 6.61 Å². The Hall–Kier alpha value is -0.120. The monoisotopic (exact) mass is 578 g/mol. The van der Waals surface area contributed by atoms with Crippen molar-refractivity contribution >= 4 is 31.9 Å². The molecule has 1 aliphatic rings. The van der Waals surface area contributed by atoms with Gasteiger partial charge >= 0.3 is 0 Å². The third kappa shape index (κ3) is 9.26. The van der Waals surface area contributed by atoms with Crippen LogP contribution in [0, 0.1) is 0 Å². The van der Waals surface area contributed by atoms with E-state index in [2.05, 4.69) is 62.6 Å². The maximum atomic E-state index is 6.51. The number of hydrogen-bond acceptors (Lipinski definition) is 6. The highest BCUT2D eigenvalue weighted by Gasteiger charge is 2.47. The quantitative estimate of drug-likeness (QED) is 0.115. The maximum Gasteiger partial charge on any atom is 0.197 e. The summed E-state index contributed by atoms with van der Waals surface area (Å²) in [6.07, 6.45) is 11.0. The largest absolute Gasteiger partial charge is 0.379 e. The SMILES string of the molecule is CCCCCOC[C@H]1O[C@@H](c2cnc(Br)nc2Br)[C@H](OCCCCC)[C@@H]1OCCCCC. The van der Waals surface area contributed by atoms with Crippen LogP contribution in [-0.2, 0) is 18.9 Å². The van der Waals surface area contributed by atoms with Gasteiger partial charge in [-0.05, 0) is 51.1 Å². The van der Waals surface area contributed by atoms with Gasteiger partial charge in [0, 0.05) is 31.6 Å². The zero-order valence-corrected chi connectivity index (χ0v) is 23.0. The molecule has 1 saturated heterocycles. The van der Waals surface area contributed by atoms with Crippen LogP contribution in [0.3, 0.4) is 0 Å². The lowest BCUT2D eigenvalue weighted by atomic mass is 10.0. The Bertz CT molecular complexity index is 638. The minimum atomic E-state index is -0.306. The first-order chi connectivity index (χ1) is 15.6. The van der Waals surface area contributed by atoms with E-state index >= 15 is 0 Å². The van der Waals surface area contributed by atoms with Crippen LogP contribution in [0.5, 0.6) is 0 Å².